The predicted molar refractivity (Wildman–Crippen MR) is 76.6 cm³/mol. The Morgan fingerprint density at radius 1 is 1.38 bits per heavy atom. The van der Waals surface area contributed by atoms with Crippen molar-refractivity contribution < 1.29 is 18.3 Å². The van der Waals surface area contributed by atoms with Crippen molar-refractivity contribution in [2.24, 2.45) is 0 Å². The lowest BCUT2D eigenvalue weighted by molar-refractivity contribution is -0.140. The number of thiazole rings is 1. The van der Waals surface area contributed by atoms with Gasteiger partial charge >= 0.3 is 6.18 Å². The maximum atomic E-state index is 12.4. The largest absolute Gasteiger partial charge is 0.434 e. The van der Waals surface area contributed by atoms with Crippen LogP contribution in [0.1, 0.15) is 18.2 Å². The zero-order valence-electron chi connectivity index (χ0n) is 10.9. The molecule has 114 valence electrons. The number of benzene rings is 1. The monoisotopic (exact) mass is 336 g/mol. The third-order valence-corrected chi connectivity index (χ3v) is 3.86. The third kappa shape index (κ3) is 4.09. The van der Waals surface area contributed by atoms with E-state index in [9.17, 15) is 18.3 Å². The van der Waals surface area contributed by atoms with Gasteiger partial charge in [0.15, 0.2) is 10.8 Å². The van der Waals surface area contributed by atoms with Crippen molar-refractivity contribution in [3.05, 3.63) is 45.9 Å². The highest BCUT2D eigenvalue weighted by molar-refractivity contribution is 7.13. The molecular formula is C13H12ClF3N2OS. The number of aromatic nitrogens is 1. The second-order valence-corrected chi connectivity index (χ2v) is 5.97. The van der Waals surface area contributed by atoms with E-state index in [1.165, 1.54) is 0 Å². The maximum absolute atomic E-state index is 12.4. The topological polar surface area (TPSA) is 45.1 Å². The number of anilines is 1. The zero-order chi connectivity index (χ0) is 15.7. The van der Waals surface area contributed by atoms with E-state index < -0.39 is 17.5 Å². The average molecular weight is 337 g/mol. The van der Waals surface area contributed by atoms with Gasteiger partial charge in [0.25, 0.3) is 0 Å². The molecule has 0 radical (unpaired) electrons. The molecule has 2 N–H and O–H groups in total. The molecule has 1 unspecified atom stereocenters. The van der Waals surface area contributed by atoms with Gasteiger partial charge in [-0.1, -0.05) is 23.7 Å². The van der Waals surface area contributed by atoms with Gasteiger partial charge in [-0.25, -0.2) is 4.98 Å². The highest BCUT2D eigenvalue weighted by Gasteiger charge is 2.34. The molecule has 0 amide bonds. The van der Waals surface area contributed by atoms with E-state index in [1.807, 2.05) is 0 Å². The van der Waals surface area contributed by atoms with Crippen LogP contribution in [0.2, 0.25) is 5.02 Å². The molecule has 0 fully saturated rings. The van der Waals surface area contributed by atoms with E-state index in [0.29, 0.717) is 10.6 Å². The molecule has 0 aliphatic rings. The van der Waals surface area contributed by atoms with E-state index in [-0.39, 0.29) is 11.7 Å². The summed E-state index contributed by atoms with van der Waals surface area (Å²) >= 11 is 6.69. The highest BCUT2D eigenvalue weighted by Crippen LogP contribution is 2.32. The fourth-order valence-electron chi connectivity index (χ4n) is 1.66. The molecule has 2 aromatic rings. The first-order valence-electron chi connectivity index (χ1n) is 5.93. The standard InChI is InChI=1S/C13H12ClF3N2OS/c1-12(20,8-3-2-4-9(14)5-8)7-18-11-19-10(6-21-11)13(15,16)17/h2-6,20H,7H2,1H3,(H,18,19). The SMILES string of the molecule is CC(O)(CNc1nc(C(F)(F)F)cs1)c1cccc(Cl)c1. The fraction of sp³-hybridized carbons (Fsp3) is 0.308. The number of halogens is 4. The molecule has 1 atom stereocenters. The Bertz CT molecular complexity index is 628. The molecule has 0 saturated carbocycles. The van der Waals surface area contributed by atoms with Crippen LogP contribution < -0.4 is 5.32 Å². The molecule has 3 nitrogen and oxygen atoms in total. The van der Waals surface area contributed by atoms with Gasteiger partial charge < -0.3 is 10.4 Å². The Hall–Kier alpha value is -1.31. The molecule has 0 saturated heterocycles. The first-order valence-corrected chi connectivity index (χ1v) is 7.19. The number of hydrogen-bond acceptors (Lipinski definition) is 4. The van der Waals surface area contributed by atoms with Crippen LogP contribution in [0.15, 0.2) is 29.6 Å². The lowest BCUT2D eigenvalue weighted by atomic mass is 9.96. The first-order chi connectivity index (χ1) is 9.68. The van der Waals surface area contributed by atoms with Crippen LogP contribution in [0.25, 0.3) is 0 Å². The number of aliphatic hydroxyl groups is 1. The van der Waals surface area contributed by atoms with Crippen molar-refractivity contribution in [2.75, 3.05) is 11.9 Å². The van der Waals surface area contributed by atoms with Gasteiger partial charge in [-0.3, -0.25) is 0 Å². The summed E-state index contributed by atoms with van der Waals surface area (Å²) in [6, 6.07) is 6.66. The molecule has 2 rings (SSSR count). The van der Waals surface area contributed by atoms with Crippen LogP contribution in [0.5, 0.6) is 0 Å². The minimum Gasteiger partial charge on any atom is -0.384 e. The van der Waals surface area contributed by atoms with Crippen LogP contribution in [0, 0.1) is 0 Å². The highest BCUT2D eigenvalue weighted by atomic mass is 35.5. The van der Waals surface area contributed by atoms with Gasteiger partial charge in [0.1, 0.15) is 5.60 Å². The van der Waals surface area contributed by atoms with Crippen LogP contribution in [-0.4, -0.2) is 16.6 Å². The van der Waals surface area contributed by atoms with Gasteiger partial charge in [-0.2, -0.15) is 13.2 Å². The molecule has 0 spiro atoms. The van der Waals surface area contributed by atoms with Crippen molar-refractivity contribution >= 4 is 28.1 Å². The van der Waals surface area contributed by atoms with Gasteiger partial charge in [-0.15, -0.1) is 11.3 Å². The Morgan fingerprint density at radius 3 is 2.67 bits per heavy atom. The summed E-state index contributed by atoms with van der Waals surface area (Å²) in [7, 11) is 0. The minimum absolute atomic E-state index is 0.0121. The van der Waals surface area contributed by atoms with Gasteiger partial charge in [0, 0.05) is 16.9 Å². The molecule has 0 aliphatic heterocycles. The quantitative estimate of drug-likeness (QED) is 0.882. The summed E-state index contributed by atoms with van der Waals surface area (Å²) in [5.41, 5.74) is -1.66. The number of nitrogens with one attached hydrogen (secondary N) is 1. The van der Waals surface area contributed by atoms with E-state index in [0.717, 1.165) is 16.7 Å². The van der Waals surface area contributed by atoms with Gasteiger partial charge in [0.05, 0.1) is 0 Å². The van der Waals surface area contributed by atoms with Gasteiger partial charge in [-0.05, 0) is 24.6 Å². The van der Waals surface area contributed by atoms with E-state index in [2.05, 4.69) is 10.3 Å². The molecule has 1 aromatic heterocycles. The van der Waals surface area contributed by atoms with Crippen molar-refractivity contribution in [1.82, 2.24) is 4.98 Å². The molecule has 0 aliphatic carbocycles. The fourth-order valence-corrected chi connectivity index (χ4v) is 2.56. The van der Waals surface area contributed by atoms with Crippen LogP contribution in [0.4, 0.5) is 18.3 Å². The maximum Gasteiger partial charge on any atom is 0.434 e. The van der Waals surface area contributed by atoms with E-state index in [4.69, 9.17) is 11.6 Å². The average Bonchev–Trinajstić information content (AvgIpc) is 2.85. The summed E-state index contributed by atoms with van der Waals surface area (Å²) in [6.45, 7) is 1.56. The second-order valence-electron chi connectivity index (χ2n) is 4.67. The van der Waals surface area contributed by atoms with Crippen LogP contribution in [-0.2, 0) is 11.8 Å². The van der Waals surface area contributed by atoms with E-state index >= 15 is 0 Å². The Morgan fingerprint density at radius 2 is 2.10 bits per heavy atom. The number of rotatable bonds is 4. The molecular weight excluding hydrogens is 325 g/mol. The lowest BCUT2D eigenvalue weighted by Gasteiger charge is -2.24. The van der Waals surface area contributed by atoms with Crippen molar-refractivity contribution in [3.63, 3.8) is 0 Å². The molecule has 1 heterocycles. The normalized spacial score (nSPS) is 14.8. The number of hydrogen-bond donors (Lipinski definition) is 2. The molecule has 8 heteroatoms. The summed E-state index contributed by atoms with van der Waals surface area (Å²) in [5.74, 6) is 0. The Kier molecular flexibility index (Phi) is 4.46. The van der Waals surface area contributed by atoms with Crippen LogP contribution in [0.3, 0.4) is 0 Å². The summed E-state index contributed by atoms with van der Waals surface area (Å²) in [5, 5.41) is 14.6. The van der Waals surface area contributed by atoms with Gasteiger partial charge in [0.2, 0.25) is 0 Å². The summed E-state index contributed by atoms with van der Waals surface area (Å²) in [6.07, 6.45) is -4.47. The minimum atomic E-state index is -4.47. The lowest BCUT2D eigenvalue weighted by Crippen LogP contribution is -2.30. The predicted octanol–water partition coefficient (Wildman–Crippen LogP) is 4.13. The third-order valence-electron chi connectivity index (χ3n) is 2.82. The number of nitrogens with zero attached hydrogens (tertiary/aromatic N) is 1. The Balaban J connectivity index is 2.06. The first kappa shape index (κ1) is 16.1. The summed E-state index contributed by atoms with van der Waals surface area (Å²) < 4.78 is 37.3. The number of alkyl halides is 3. The zero-order valence-corrected chi connectivity index (χ0v) is 12.5. The van der Waals surface area contributed by atoms with Crippen molar-refractivity contribution in [2.45, 2.75) is 18.7 Å². The smallest absolute Gasteiger partial charge is 0.384 e. The summed E-state index contributed by atoms with van der Waals surface area (Å²) in [4.78, 5) is 3.44. The van der Waals surface area contributed by atoms with E-state index in [1.54, 1.807) is 31.2 Å². The Labute approximate surface area is 128 Å². The second kappa shape index (κ2) is 5.82. The van der Waals surface area contributed by atoms with Crippen molar-refractivity contribution in [1.29, 1.82) is 0 Å². The van der Waals surface area contributed by atoms with Crippen molar-refractivity contribution in [3.8, 4) is 0 Å². The molecule has 21 heavy (non-hydrogen) atoms. The molecule has 0 bridgehead atoms. The molecule has 1 aromatic carbocycles. The van der Waals surface area contributed by atoms with Crippen LogP contribution >= 0.6 is 22.9 Å².